The summed E-state index contributed by atoms with van der Waals surface area (Å²) in [6, 6.07) is 13.7. The number of benzene rings is 2. The molecule has 7 heteroatoms. The van der Waals surface area contributed by atoms with Crippen molar-refractivity contribution in [3.8, 4) is 5.75 Å². The van der Waals surface area contributed by atoms with Gasteiger partial charge in [0.1, 0.15) is 5.75 Å². The predicted molar refractivity (Wildman–Crippen MR) is 110 cm³/mol. The summed E-state index contributed by atoms with van der Waals surface area (Å²) in [5.74, 6) is 0.373. The lowest BCUT2D eigenvalue weighted by Gasteiger charge is -2.13. The highest BCUT2D eigenvalue weighted by Crippen LogP contribution is 2.26. The van der Waals surface area contributed by atoms with Crippen molar-refractivity contribution in [2.75, 3.05) is 7.11 Å². The molecule has 160 valence electrons. The van der Waals surface area contributed by atoms with Crippen molar-refractivity contribution in [3.63, 3.8) is 0 Å². The number of hydrogen-bond acceptors (Lipinski definition) is 4. The summed E-state index contributed by atoms with van der Waals surface area (Å²) in [4.78, 5) is 39.4. The Hall–Kier alpha value is -3.06. The third-order valence-corrected chi connectivity index (χ3v) is 5.21. The largest absolute Gasteiger partial charge is 1.00 e. The summed E-state index contributed by atoms with van der Waals surface area (Å²) in [5, 5.41) is 0. The van der Waals surface area contributed by atoms with Crippen LogP contribution in [0.4, 0.5) is 0 Å². The molecule has 0 saturated carbocycles. The molecule has 0 saturated heterocycles. The van der Waals surface area contributed by atoms with Crippen molar-refractivity contribution in [1.29, 1.82) is 0 Å². The van der Waals surface area contributed by atoms with Crippen molar-refractivity contribution in [1.82, 2.24) is 4.57 Å². The average Bonchev–Trinajstić information content (AvgIpc) is 3.09. The molecule has 2 aromatic carbocycles. The number of rotatable bonds is 6. The maximum Gasteiger partial charge on any atom is 0.245 e. The van der Waals surface area contributed by atoms with Gasteiger partial charge in [-0.05, 0) is 30.2 Å². The number of imidazole rings is 1. The van der Waals surface area contributed by atoms with E-state index in [0.29, 0.717) is 34.7 Å². The zero-order valence-electron chi connectivity index (χ0n) is 17.6. The van der Waals surface area contributed by atoms with E-state index in [4.69, 9.17) is 4.74 Å². The van der Waals surface area contributed by atoms with E-state index in [1.807, 2.05) is 13.8 Å². The van der Waals surface area contributed by atoms with Crippen LogP contribution in [0.5, 0.6) is 5.75 Å². The van der Waals surface area contributed by atoms with Gasteiger partial charge >= 0.3 is 0 Å². The van der Waals surface area contributed by atoms with E-state index in [1.54, 1.807) is 71.1 Å². The van der Waals surface area contributed by atoms with E-state index in [-0.39, 0.29) is 52.5 Å². The van der Waals surface area contributed by atoms with Crippen molar-refractivity contribution >= 4 is 17.3 Å². The first-order chi connectivity index (χ1) is 14.4. The van der Waals surface area contributed by atoms with Gasteiger partial charge in [0.2, 0.25) is 35.1 Å². The molecule has 3 aromatic rings. The molecule has 0 bridgehead atoms. The van der Waals surface area contributed by atoms with Crippen LogP contribution in [0.2, 0.25) is 0 Å². The zero-order valence-corrected chi connectivity index (χ0v) is 19.2. The molecule has 0 atom stereocenters. The molecule has 0 unspecified atom stereocenters. The Morgan fingerprint density at radius 1 is 1.00 bits per heavy atom. The number of Topliss-reactive ketones (excluding diaryl/α,β-unsaturated/α-hetero) is 1. The first-order valence-electron chi connectivity index (χ1n) is 9.89. The minimum atomic E-state index is -0.231. The maximum absolute atomic E-state index is 13.3. The monoisotopic (exact) mass is 482 g/mol. The van der Waals surface area contributed by atoms with Crippen LogP contribution in [0.3, 0.4) is 0 Å². The van der Waals surface area contributed by atoms with Gasteiger partial charge in [0.15, 0.2) is 6.54 Å². The van der Waals surface area contributed by atoms with Crippen LogP contribution in [0.15, 0.2) is 54.9 Å². The Balaban J connectivity index is 0.00000272. The van der Waals surface area contributed by atoms with Crippen LogP contribution >= 0.6 is 0 Å². The highest BCUT2D eigenvalue weighted by atomic mass is 79.9. The lowest BCUT2D eigenvalue weighted by Crippen LogP contribution is -3.00. The molecular formula is C24H23BrN2O4. The number of hydrogen-bond donors (Lipinski definition) is 0. The zero-order chi connectivity index (χ0) is 21.4. The second-order valence-corrected chi connectivity index (χ2v) is 7.84. The van der Waals surface area contributed by atoms with Gasteiger partial charge in [0.25, 0.3) is 0 Å². The number of methoxy groups -OCH3 is 1. The third-order valence-electron chi connectivity index (χ3n) is 5.21. The SMILES string of the molecule is COc1ccc(C(=O)C[n+]2cn(CC(C)C)c3c2C(=O)c2ccccc2C3=O)cc1.[Br-]. The number of ether oxygens (including phenoxy) is 1. The van der Waals surface area contributed by atoms with E-state index < -0.39 is 0 Å². The summed E-state index contributed by atoms with van der Waals surface area (Å²) in [6.45, 7) is 4.64. The number of nitrogens with zero attached hydrogens (tertiary/aromatic N) is 2. The topological polar surface area (TPSA) is 69.2 Å². The van der Waals surface area contributed by atoms with Gasteiger partial charge < -0.3 is 21.7 Å². The normalized spacial score (nSPS) is 12.3. The smallest absolute Gasteiger partial charge is 0.245 e. The van der Waals surface area contributed by atoms with Gasteiger partial charge in [0.05, 0.1) is 13.7 Å². The average molecular weight is 483 g/mol. The number of halogens is 1. The quantitative estimate of drug-likeness (QED) is 0.288. The fourth-order valence-corrected chi connectivity index (χ4v) is 3.84. The molecule has 1 heterocycles. The van der Waals surface area contributed by atoms with Gasteiger partial charge in [-0.15, -0.1) is 0 Å². The molecule has 31 heavy (non-hydrogen) atoms. The highest BCUT2D eigenvalue weighted by molar-refractivity contribution is 6.26. The van der Waals surface area contributed by atoms with Crippen LogP contribution in [0.25, 0.3) is 0 Å². The number of fused-ring (bicyclic) bond motifs is 2. The van der Waals surface area contributed by atoms with Gasteiger partial charge in [-0.2, -0.15) is 0 Å². The molecule has 4 rings (SSSR count). The van der Waals surface area contributed by atoms with Crippen LogP contribution in [0.1, 0.15) is 56.3 Å². The van der Waals surface area contributed by atoms with Crippen LogP contribution in [-0.2, 0) is 13.1 Å². The minimum Gasteiger partial charge on any atom is -1.00 e. The van der Waals surface area contributed by atoms with E-state index in [2.05, 4.69) is 0 Å². The number of carbonyl (C=O) groups excluding carboxylic acids is 3. The van der Waals surface area contributed by atoms with E-state index in [0.717, 1.165) is 0 Å². The first-order valence-corrected chi connectivity index (χ1v) is 9.89. The summed E-state index contributed by atoms with van der Waals surface area (Å²) >= 11 is 0. The molecule has 0 fully saturated rings. The van der Waals surface area contributed by atoms with Gasteiger partial charge in [-0.25, -0.2) is 9.13 Å². The standard InChI is InChI=1S/C24H23N2O4.BrH/c1-15(2)12-25-14-26(13-20(27)16-8-10-17(30-3)11-9-16)22-21(25)23(28)18-6-4-5-7-19(18)24(22)29;/h4-11,14-15H,12-13H2,1-3H3;1H/q+1;/p-1. The summed E-state index contributed by atoms with van der Waals surface area (Å²) in [5.41, 5.74) is 1.94. The van der Waals surface area contributed by atoms with E-state index >= 15 is 0 Å². The second kappa shape index (κ2) is 8.98. The molecule has 0 radical (unpaired) electrons. The molecule has 0 spiro atoms. The van der Waals surface area contributed by atoms with Crippen LogP contribution < -0.4 is 26.3 Å². The predicted octanol–water partition coefficient (Wildman–Crippen LogP) is 0.103. The summed E-state index contributed by atoms with van der Waals surface area (Å²) in [7, 11) is 1.57. The Morgan fingerprint density at radius 3 is 2.19 bits per heavy atom. The van der Waals surface area contributed by atoms with Crippen molar-refractivity contribution < 1.29 is 40.7 Å². The lowest BCUT2D eigenvalue weighted by atomic mass is 9.89. The molecule has 0 aliphatic heterocycles. The maximum atomic E-state index is 13.3. The molecule has 6 nitrogen and oxygen atoms in total. The van der Waals surface area contributed by atoms with Gasteiger partial charge in [-0.1, -0.05) is 38.1 Å². The van der Waals surface area contributed by atoms with E-state index in [9.17, 15) is 14.4 Å². The Morgan fingerprint density at radius 2 is 1.61 bits per heavy atom. The number of carbonyl (C=O) groups is 3. The Labute approximate surface area is 191 Å². The molecular weight excluding hydrogens is 460 g/mol. The van der Waals surface area contributed by atoms with Crippen molar-refractivity contribution in [2.45, 2.75) is 26.9 Å². The van der Waals surface area contributed by atoms with Gasteiger partial charge in [0, 0.05) is 16.7 Å². The molecule has 0 amide bonds. The van der Waals surface area contributed by atoms with Crippen molar-refractivity contribution in [2.24, 2.45) is 5.92 Å². The van der Waals surface area contributed by atoms with Crippen LogP contribution in [0, 0.1) is 5.92 Å². The Bertz CT molecular complexity index is 1160. The minimum absolute atomic E-state index is 0. The summed E-state index contributed by atoms with van der Waals surface area (Å²) in [6.07, 6.45) is 1.72. The first kappa shape index (κ1) is 22.6. The summed E-state index contributed by atoms with van der Waals surface area (Å²) < 4.78 is 8.55. The fourth-order valence-electron chi connectivity index (χ4n) is 3.84. The van der Waals surface area contributed by atoms with E-state index in [1.165, 1.54) is 0 Å². The third kappa shape index (κ3) is 4.10. The highest BCUT2D eigenvalue weighted by Gasteiger charge is 2.41. The molecule has 1 aliphatic carbocycles. The Kier molecular flexibility index (Phi) is 6.55. The number of ketones is 3. The van der Waals surface area contributed by atoms with Crippen LogP contribution in [-0.4, -0.2) is 29.0 Å². The molecule has 1 aliphatic rings. The lowest BCUT2D eigenvalue weighted by molar-refractivity contribution is -0.684. The van der Waals surface area contributed by atoms with Gasteiger partial charge in [-0.3, -0.25) is 14.4 Å². The molecule has 1 aromatic heterocycles. The van der Waals surface area contributed by atoms with Crippen molar-refractivity contribution in [3.05, 3.63) is 82.9 Å². The fraction of sp³-hybridized carbons (Fsp3) is 0.250. The molecule has 0 N–H and O–H groups in total. The second-order valence-electron chi connectivity index (χ2n) is 7.84. The number of aromatic nitrogens is 2.